The van der Waals surface area contributed by atoms with E-state index in [-0.39, 0.29) is 36.3 Å². The van der Waals surface area contributed by atoms with Crippen molar-refractivity contribution in [1.29, 1.82) is 0 Å². The van der Waals surface area contributed by atoms with E-state index in [1.165, 1.54) is 6.07 Å². The molecule has 0 fully saturated rings. The lowest BCUT2D eigenvalue weighted by Crippen LogP contribution is -2.33. The second-order valence-corrected chi connectivity index (χ2v) is 10.9. The van der Waals surface area contributed by atoms with Gasteiger partial charge in [-0.25, -0.2) is 14.4 Å². The van der Waals surface area contributed by atoms with E-state index in [4.69, 9.17) is 27.5 Å². The molecule has 3 aromatic carbocycles. The largest absolute Gasteiger partial charge is 0.481 e. The van der Waals surface area contributed by atoms with Crippen LogP contribution in [-0.2, 0) is 28.0 Å². The van der Waals surface area contributed by atoms with Crippen molar-refractivity contribution in [1.82, 2.24) is 19.7 Å². The third-order valence-electron chi connectivity index (χ3n) is 7.71. The Kier molecular flexibility index (Phi) is 6.86. The molecule has 0 aliphatic carbocycles. The molecule has 1 aliphatic rings. The molecule has 0 saturated carbocycles. The zero-order valence-electron chi connectivity index (χ0n) is 22.6. The average molecular weight is 585 g/mol. The van der Waals surface area contributed by atoms with Crippen LogP contribution in [-0.4, -0.2) is 36.7 Å². The number of aromatic nitrogens is 4. The number of hydrogen-bond donors (Lipinski definition) is 3. The first-order chi connectivity index (χ1) is 20.1. The van der Waals surface area contributed by atoms with Crippen molar-refractivity contribution in [3.63, 3.8) is 0 Å². The Labute approximate surface area is 245 Å². The first-order valence-corrected chi connectivity index (χ1v) is 13.7. The zero-order valence-corrected chi connectivity index (χ0v) is 23.3. The number of carboxylic acid groups (broad SMARTS) is 1. The van der Waals surface area contributed by atoms with Crippen LogP contribution < -0.4 is 11.1 Å². The second-order valence-electron chi connectivity index (χ2n) is 10.4. The van der Waals surface area contributed by atoms with Gasteiger partial charge in [0.15, 0.2) is 5.82 Å². The van der Waals surface area contributed by atoms with Crippen LogP contribution in [0.15, 0.2) is 66.7 Å². The standard InChI is InChI=1S/C31H26ClFN6O3/c1-31(19-11-9-17(10-12-19)5-4-8-24(40)41)25-27(34)35-29(36-28(25)37-30(31)42)26-21-14-13-20(32)15-23(21)39(38-26)16-18-6-2-3-7-22(18)33/h2-3,6-7,9-15H,4-5,8,16H2,1H3,(H,40,41)(H3,34,35,36,37,42). The van der Waals surface area contributed by atoms with Crippen molar-refractivity contribution in [3.8, 4) is 11.5 Å². The topological polar surface area (TPSA) is 136 Å². The molecule has 5 aromatic rings. The summed E-state index contributed by atoms with van der Waals surface area (Å²) in [6.07, 6.45) is 1.23. The molecule has 0 spiro atoms. The summed E-state index contributed by atoms with van der Waals surface area (Å²) in [6.45, 7) is 1.93. The molecule has 3 heterocycles. The van der Waals surface area contributed by atoms with Gasteiger partial charge >= 0.3 is 5.97 Å². The number of fused-ring (bicyclic) bond motifs is 2. The number of rotatable bonds is 8. The zero-order chi connectivity index (χ0) is 29.6. The molecule has 1 aliphatic heterocycles. The number of amides is 1. The lowest BCUT2D eigenvalue weighted by atomic mass is 9.77. The number of aryl methyl sites for hydroxylation is 1. The molecular weight excluding hydrogens is 559 g/mol. The Morgan fingerprint density at radius 3 is 2.62 bits per heavy atom. The van der Waals surface area contributed by atoms with Crippen LogP contribution in [0, 0.1) is 5.82 Å². The maximum absolute atomic E-state index is 14.5. The van der Waals surface area contributed by atoms with Crippen molar-refractivity contribution < 1.29 is 19.1 Å². The SMILES string of the molecule is CC1(c2ccc(CCCC(=O)O)cc2)C(=O)Nc2nc(-c3nn(Cc4ccccc4F)c4cc(Cl)ccc34)nc(N)c21. The summed E-state index contributed by atoms with van der Waals surface area (Å²) < 4.78 is 16.1. The number of anilines is 2. The average Bonchev–Trinajstić information content (AvgIpc) is 3.44. The van der Waals surface area contributed by atoms with Gasteiger partial charge < -0.3 is 16.2 Å². The predicted octanol–water partition coefficient (Wildman–Crippen LogP) is 5.58. The molecule has 1 atom stereocenters. The third-order valence-corrected chi connectivity index (χ3v) is 7.95. The number of aliphatic carboxylic acids is 1. The minimum Gasteiger partial charge on any atom is -0.481 e. The molecule has 2 aromatic heterocycles. The number of nitrogen functional groups attached to an aromatic ring is 1. The normalized spacial score (nSPS) is 16.0. The molecule has 212 valence electrons. The van der Waals surface area contributed by atoms with E-state index in [0.717, 1.165) is 5.56 Å². The highest BCUT2D eigenvalue weighted by Gasteiger charge is 2.47. The summed E-state index contributed by atoms with van der Waals surface area (Å²) >= 11 is 6.30. The Morgan fingerprint density at radius 1 is 1.12 bits per heavy atom. The van der Waals surface area contributed by atoms with Gasteiger partial charge in [-0.15, -0.1) is 0 Å². The van der Waals surface area contributed by atoms with Crippen LogP contribution in [0.3, 0.4) is 0 Å². The summed E-state index contributed by atoms with van der Waals surface area (Å²) in [6, 6.07) is 19.2. The monoisotopic (exact) mass is 584 g/mol. The Hall–Kier alpha value is -4.83. The minimum absolute atomic E-state index is 0.0924. The van der Waals surface area contributed by atoms with Gasteiger partial charge in [0.2, 0.25) is 5.91 Å². The van der Waals surface area contributed by atoms with E-state index in [0.29, 0.717) is 57.0 Å². The summed E-state index contributed by atoms with van der Waals surface area (Å²) in [7, 11) is 0. The smallest absolute Gasteiger partial charge is 0.303 e. The molecule has 0 radical (unpaired) electrons. The Morgan fingerprint density at radius 2 is 1.88 bits per heavy atom. The predicted molar refractivity (Wildman–Crippen MR) is 158 cm³/mol. The van der Waals surface area contributed by atoms with Crippen molar-refractivity contribution >= 4 is 46.0 Å². The fraction of sp³-hybridized carbons (Fsp3) is 0.194. The first-order valence-electron chi connectivity index (χ1n) is 13.4. The summed E-state index contributed by atoms with van der Waals surface area (Å²) in [5.41, 5.74) is 9.07. The molecule has 11 heteroatoms. The molecule has 4 N–H and O–H groups in total. The number of carbonyl (C=O) groups is 2. The van der Waals surface area contributed by atoms with Gasteiger partial charge in [0.25, 0.3) is 0 Å². The molecule has 1 amide bonds. The Balaban J connectivity index is 1.38. The van der Waals surface area contributed by atoms with Crippen molar-refractivity contribution in [2.24, 2.45) is 0 Å². The number of nitrogens with two attached hydrogens (primary N) is 1. The van der Waals surface area contributed by atoms with Crippen LogP contribution in [0.1, 0.15) is 42.0 Å². The fourth-order valence-corrected chi connectivity index (χ4v) is 5.62. The van der Waals surface area contributed by atoms with Gasteiger partial charge in [-0.05, 0) is 55.2 Å². The van der Waals surface area contributed by atoms with Gasteiger partial charge in [0.1, 0.15) is 28.6 Å². The fourth-order valence-electron chi connectivity index (χ4n) is 5.46. The number of nitrogens with one attached hydrogen (secondary N) is 1. The number of carbonyl (C=O) groups excluding carboxylic acids is 1. The van der Waals surface area contributed by atoms with Crippen LogP contribution in [0.25, 0.3) is 22.4 Å². The highest BCUT2D eigenvalue weighted by atomic mass is 35.5. The van der Waals surface area contributed by atoms with E-state index in [2.05, 4.69) is 15.3 Å². The van der Waals surface area contributed by atoms with E-state index in [1.54, 1.807) is 48.0 Å². The summed E-state index contributed by atoms with van der Waals surface area (Å²) in [5.74, 6) is -0.839. The summed E-state index contributed by atoms with van der Waals surface area (Å²) in [5, 5.41) is 17.7. The maximum Gasteiger partial charge on any atom is 0.303 e. The lowest BCUT2D eigenvalue weighted by molar-refractivity contribution is -0.137. The number of halogens is 2. The highest BCUT2D eigenvalue weighted by Crippen LogP contribution is 2.45. The molecule has 0 saturated heterocycles. The van der Waals surface area contributed by atoms with Crippen molar-refractivity contribution in [2.45, 2.75) is 38.1 Å². The molecule has 1 unspecified atom stereocenters. The minimum atomic E-state index is -1.14. The maximum atomic E-state index is 14.5. The number of carboxylic acids is 1. The second kappa shape index (κ2) is 10.5. The van der Waals surface area contributed by atoms with E-state index < -0.39 is 11.4 Å². The highest BCUT2D eigenvalue weighted by molar-refractivity contribution is 6.31. The van der Waals surface area contributed by atoms with Gasteiger partial charge in [-0.2, -0.15) is 5.10 Å². The molecular formula is C31H26ClFN6O3. The lowest BCUT2D eigenvalue weighted by Gasteiger charge is -2.23. The van der Waals surface area contributed by atoms with E-state index in [1.807, 2.05) is 24.3 Å². The van der Waals surface area contributed by atoms with Gasteiger partial charge in [-0.1, -0.05) is 54.1 Å². The van der Waals surface area contributed by atoms with Gasteiger partial charge in [-0.3, -0.25) is 14.3 Å². The van der Waals surface area contributed by atoms with Crippen LogP contribution in [0.2, 0.25) is 5.02 Å². The van der Waals surface area contributed by atoms with Crippen LogP contribution >= 0.6 is 11.6 Å². The Bertz CT molecular complexity index is 1870. The van der Waals surface area contributed by atoms with Crippen molar-refractivity contribution in [3.05, 3.63) is 99.8 Å². The number of benzene rings is 3. The van der Waals surface area contributed by atoms with Crippen molar-refractivity contribution in [2.75, 3.05) is 11.1 Å². The number of nitrogens with zero attached hydrogens (tertiary/aromatic N) is 4. The van der Waals surface area contributed by atoms with Gasteiger partial charge in [0, 0.05) is 22.4 Å². The molecule has 0 bridgehead atoms. The first kappa shape index (κ1) is 27.3. The van der Waals surface area contributed by atoms with Gasteiger partial charge in [0.05, 0.1) is 17.6 Å². The van der Waals surface area contributed by atoms with Crippen LogP contribution in [0.5, 0.6) is 0 Å². The van der Waals surface area contributed by atoms with E-state index in [9.17, 15) is 14.0 Å². The molecule has 6 rings (SSSR count). The quantitative estimate of drug-likeness (QED) is 0.216. The summed E-state index contributed by atoms with van der Waals surface area (Å²) in [4.78, 5) is 33.5. The molecule has 42 heavy (non-hydrogen) atoms. The third kappa shape index (κ3) is 4.73. The number of hydrogen-bond acceptors (Lipinski definition) is 6. The van der Waals surface area contributed by atoms with E-state index >= 15 is 0 Å². The molecule has 9 nitrogen and oxygen atoms in total. The van der Waals surface area contributed by atoms with Crippen LogP contribution in [0.4, 0.5) is 16.0 Å².